The zero-order chi connectivity index (χ0) is 11.9. The van der Waals surface area contributed by atoms with Crippen LogP contribution >= 0.6 is 0 Å². The number of H-pyrrole nitrogens is 1. The van der Waals surface area contributed by atoms with Gasteiger partial charge in [0.05, 0.1) is 5.52 Å². The molecule has 0 aliphatic rings. The highest BCUT2D eigenvalue weighted by molar-refractivity contribution is 5.75. The van der Waals surface area contributed by atoms with Gasteiger partial charge in [0, 0.05) is 6.42 Å². The Morgan fingerprint density at radius 1 is 1.25 bits per heavy atom. The van der Waals surface area contributed by atoms with Crippen molar-refractivity contribution >= 4 is 11.0 Å². The lowest BCUT2D eigenvalue weighted by Crippen LogP contribution is -2.10. The average molecular weight is 224 g/mol. The van der Waals surface area contributed by atoms with Crippen molar-refractivity contribution in [3.63, 3.8) is 0 Å². The maximum Gasteiger partial charge on any atom is 0.186 e. The minimum absolute atomic E-state index is 0.0584. The van der Waals surface area contributed by atoms with Crippen LogP contribution in [0.3, 0.4) is 0 Å². The van der Waals surface area contributed by atoms with Gasteiger partial charge in [-0.1, -0.05) is 20.8 Å². The van der Waals surface area contributed by atoms with Gasteiger partial charge in [-0.3, -0.25) is 0 Å². The summed E-state index contributed by atoms with van der Waals surface area (Å²) in [6.07, 6.45) is 0.697. The molecule has 0 bridgehead atoms. The van der Waals surface area contributed by atoms with Crippen molar-refractivity contribution in [3.8, 4) is 0 Å². The number of aromatic amines is 1. The molecule has 0 fully saturated rings. The maximum atomic E-state index is 13.4. The Bertz CT molecular complexity index is 524. The second-order valence-electron chi connectivity index (χ2n) is 5.18. The van der Waals surface area contributed by atoms with Crippen LogP contribution in [0, 0.1) is 17.0 Å². The molecule has 2 nitrogen and oxygen atoms in total. The molecule has 0 saturated carbocycles. The standard InChI is InChI=1S/C12H14F2N2/c1-12(2,3)6-9-15-8-5-4-7(13)10(14)11(8)16-9/h4-5H,6H2,1-3H3,(H,15,16). The third-order valence-electron chi connectivity index (χ3n) is 2.29. The number of benzene rings is 1. The van der Waals surface area contributed by atoms with Crippen molar-refractivity contribution in [1.29, 1.82) is 0 Å². The lowest BCUT2D eigenvalue weighted by molar-refractivity contribution is 0.402. The van der Waals surface area contributed by atoms with Crippen LogP contribution in [-0.4, -0.2) is 9.97 Å². The first kappa shape index (κ1) is 11.0. The summed E-state index contributed by atoms with van der Waals surface area (Å²) < 4.78 is 26.4. The highest BCUT2D eigenvalue weighted by Crippen LogP contribution is 2.23. The smallest absolute Gasteiger partial charge is 0.186 e. The van der Waals surface area contributed by atoms with Crippen molar-refractivity contribution in [2.75, 3.05) is 0 Å². The van der Waals surface area contributed by atoms with Crippen LogP contribution in [0.1, 0.15) is 26.6 Å². The molecule has 0 aliphatic carbocycles. The fourth-order valence-corrected chi connectivity index (χ4v) is 1.65. The second kappa shape index (κ2) is 3.54. The van der Waals surface area contributed by atoms with Crippen molar-refractivity contribution in [1.82, 2.24) is 9.97 Å². The van der Waals surface area contributed by atoms with Crippen molar-refractivity contribution in [3.05, 3.63) is 29.6 Å². The fraction of sp³-hybridized carbons (Fsp3) is 0.417. The number of hydrogen-bond donors (Lipinski definition) is 1. The van der Waals surface area contributed by atoms with Crippen LogP contribution in [0.5, 0.6) is 0 Å². The number of hydrogen-bond acceptors (Lipinski definition) is 1. The van der Waals surface area contributed by atoms with E-state index in [9.17, 15) is 8.78 Å². The summed E-state index contributed by atoms with van der Waals surface area (Å²) in [5.41, 5.74) is 0.681. The Morgan fingerprint density at radius 2 is 1.94 bits per heavy atom. The van der Waals surface area contributed by atoms with Gasteiger partial charge in [0.1, 0.15) is 11.3 Å². The van der Waals surface area contributed by atoms with Crippen molar-refractivity contribution in [2.45, 2.75) is 27.2 Å². The number of nitrogens with one attached hydrogen (secondary N) is 1. The van der Waals surface area contributed by atoms with Crippen LogP contribution in [0.4, 0.5) is 8.78 Å². The first-order chi connectivity index (χ1) is 7.37. The Labute approximate surface area is 92.7 Å². The van der Waals surface area contributed by atoms with E-state index in [0.717, 1.165) is 6.07 Å². The van der Waals surface area contributed by atoms with Gasteiger partial charge in [-0.15, -0.1) is 0 Å². The Balaban J connectivity index is 2.48. The van der Waals surface area contributed by atoms with E-state index in [1.165, 1.54) is 6.07 Å². The predicted octanol–water partition coefficient (Wildman–Crippen LogP) is 3.43. The SMILES string of the molecule is CC(C)(C)Cc1nc2c(F)c(F)ccc2[nH]1. The van der Waals surface area contributed by atoms with E-state index in [4.69, 9.17) is 0 Å². The third kappa shape index (κ3) is 2.05. The molecule has 0 unspecified atom stereocenters. The number of aromatic nitrogens is 2. The largest absolute Gasteiger partial charge is 0.342 e. The monoisotopic (exact) mass is 224 g/mol. The van der Waals surface area contributed by atoms with Crippen LogP contribution in [-0.2, 0) is 6.42 Å². The molecule has 2 aromatic rings. The summed E-state index contributed by atoms with van der Waals surface area (Å²) >= 11 is 0. The molecule has 0 radical (unpaired) electrons. The molecular weight excluding hydrogens is 210 g/mol. The zero-order valence-electron chi connectivity index (χ0n) is 9.56. The van der Waals surface area contributed by atoms with Gasteiger partial charge in [-0.25, -0.2) is 13.8 Å². The summed E-state index contributed by atoms with van der Waals surface area (Å²) in [6, 6.07) is 2.61. The van der Waals surface area contributed by atoms with E-state index in [-0.39, 0.29) is 10.9 Å². The molecule has 86 valence electrons. The molecule has 1 N–H and O–H groups in total. The van der Waals surface area contributed by atoms with E-state index in [1.807, 2.05) is 0 Å². The molecular formula is C12H14F2N2. The van der Waals surface area contributed by atoms with Gasteiger partial charge in [0.15, 0.2) is 11.6 Å². The topological polar surface area (TPSA) is 28.7 Å². The highest BCUT2D eigenvalue weighted by Gasteiger charge is 2.16. The molecule has 0 saturated heterocycles. The summed E-state index contributed by atoms with van der Waals surface area (Å²) in [7, 11) is 0. The number of halogens is 2. The van der Waals surface area contributed by atoms with Gasteiger partial charge in [0.25, 0.3) is 0 Å². The maximum absolute atomic E-state index is 13.4. The normalized spacial score (nSPS) is 12.3. The van der Waals surface area contributed by atoms with E-state index in [1.54, 1.807) is 0 Å². The van der Waals surface area contributed by atoms with E-state index < -0.39 is 11.6 Å². The summed E-state index contributed by atoms with van der Waals surface area (Å²) in [5, 5.41) is 0. The quantitative estimate of drug-likeness (QED) is 0.789. The molecule has 2 rings (SSSR count). The first-order valence-electron chi connectivity index (χ1n) is 5.19. The van der Waals surface area contributed by atoms with Crippen LogP contribution in [0.25, 0.3) is 11.0 Å². The number of fused-ring (bicyclic) bond motifs is 1. The number of nitrogens with zero attached hydrogens (tertiary/aromatic N) is 1. The molecule has 0 aliphatic heterocycles. The second-order valence-corrected chi connectivity index (χ2v) is 5.18. The first-order valence-corrected chi connectivity index (χ1v) is 5.19. The van der Waals surface area contributed by atoms with Gasteiger partial charge in [0.2, 0.25) is 0 Å². The Morgan fingerprint density at radius 3 is 2.56 bits per heavy atom. The lowest BCUT2D eigenvalue weighted by Gasteiger charge is -2.15. The fourth-order valence-electron chi connectivity index (χ4n) is 1.65. The van der Waals surface area contributed by atoms with Gasteiger partial charge >= 0.3 is 0 Å². The number of imidazole rings is 1. The molecule has 0 spiro atoms. The van der Waals surface area contributed by atoms with Crippen LogP contribution in [0.15, 0.2) is 12.1 Å². The highest BCUT2D eigenvalue weighted by atomic mass is 19.2. The van der Waals surface area contributed by atoms with Gasteiger partial charge < -0.3 is 4.98 Å². The van der Waals surface area contributed by atoms with Gasteiger partial charge in [-0.05, 0) is 17.5 Å². The molecule has 4 heteroatoms. The van der Waals surface area contributed by atoms with E-state index in [2.05, 4.69) is 30.7 Å². The Kier molecular flexibility index (Phi) is 2.45. The van der Waals surface area contributed by atoms with Gasteiger partial charge in [-0.2, -0.15) is 0 Å². The molecule has 16 heavy (non-hydrogen) atoms. The summed E-state index contributed by atoms with van der Waals surface area (Å²) in [6.45, 7) is 6.20. The van der Waals surface area contributed by atoms with Crippen molar-refractivity contribution < 1.29 is 8.78 Å². The van der Waals surface area contributed by atoms with Crippen LogP contribution < -0.4 is 0 Å². The molecule has 1 heterocycles. The molecule has 0 atom stereocenters. The lowest BCUT2D eigenvalue weighted by atomic mass is 9.92. The Hall–Kier alpha value is -1.45. The van der Waals surface area contributed by atoms with E-state index >= 15 is 0 Å². The minimum Gasteiger partial charge on any atom is -0.342 e. The predicted molar refractivity (Wildman–Crippen MR) is 59.2 cm³/mol. The molecule has 0 amide bonds. The number of rotatable bonds is 1. The zero-order valence-corrected chi connectivity index (χ0v) is 9.56. The average Bonchev–Trinajstić information content (AvgIpc) is 2.52. The third-order valence-corrected chi connectivity index (χ3v) is 2.29. The van der Waals surface area contributed by atoms with E-state index in [0.29, 0.717) is 17.8 Å². The van der Waals surface area contributed by atoms with Crippen molar-refractivity contribution in [2.24, 2.45) is 5.41 Å². The summed E-state index contributed by atoms with van der Waals surface area (Å²) in [5.74, 6) is -1.05. The van der Waals surface area contributed by atoms with Crippen LogP contribution in [0.2, 0.25) is 0 Å². The molecule has 1 aromatic carbocycles. The molecule has 1 aromatic heterocycles. The minimum atomic E-state index is -0.881. The summed E-state index contributed by atoms with van der Waals surface area (Å²) in [4.78, 5) is 7.09.